The molecular weight excluding hydrogens is 262 g/mol. The van der Waals surface area contributed by atoms with Crippen molar-refractivity contribution >= 4 is 11.5 Å². The van der Waals surface area contributed by atoms with E-state index in [4.69, 9.17) is 4.84 Å². The fourth-order valence-corrected chi connectivity index (χ4v) is 3.07. The van der Waals surface area contributed by atoms with E-state index >= 15 is 0 Å². The molecule has 1 aromatic heterocycles. The normalized spacial score (nSPS) is 24.0. The van der Waals surface area contributed by atoms with Crippen LogP contribution in [0.15, 0.2) is 48.7 Å². The molecule has 0 amide bonds. The maximum absolute atomic E-state index is 6.01. The number of aromatic nitrogens is 2. The Kier molecular flexibility index (Phi) is 2.97. The van der Waals surface area contributed by atoms with Crippen molar-refractivity contribution in [3.05, 3.63) is 59.9 Å². The zero-order valence-electron chi connectivity index (χ0n) is 11.9. The van der Waals surface area contributed by atoms with Crippen LogP contribution < -0.4 is 5.06 Å². The Bertz CT molecular complexity index is 683. The lowest BCUT2D eigenvalue weighted by atomic mass is 9.86. The van der Waals surface area contributed by atoms with Crippen LogP contribution in [0.5, 0.6) is 0 Å². The molecule has 3 heterocycles. The second-order valence-electron chi connectivity index (χ2n) is 5.55. The van der Waals surface area contributed by atoms with Crippen LogP contribution in [-0.4, -0.2) is 22.1 Å². The van der Waals surface area contributed by atoms with Gasteiger partial charge in [-0.15, -0.1) is 0 Å². The highest BCUT2D eigenvalue weighted by atomic mass is 16.7. The average Bonchev–Trinajstić information content (AvgIpc) is 2.56. The van der Waals surface area contributed by atoms with Crippen LogP contribution in [0.2, 0.25) is 0 Å². The van der Waals surface area contributed by atoms with Gasteiger partial charge in [-0.05, 0) is 43.0 Å². The number of nitrogens with zero attached hydrogens (tertiary/aromatic N) is 3. The third-order valence-corrected chi connectivity index (χ3v) is 4.07. The van der Waals surface area contributed by atoms with Crippen molar-refractivity contribution in [1.82, 2.24) is 9.97 Å². The minimum absolute atomic E-state index is 0.120. The fraction of sp³-hybridized carbons (Fsp3) is 0.294. The first kappa shape index (κ1) is 12.5. The highest BCUT2D eigenvalue weighted by molar-refractivity contribution is 5.74. The van der Waals surface area contributed by atoms with Gasteiger partial charge in [0.25, 0.3) is 5.95 Å². The van der Waals surface area contributed by atoms with E-state index in [9.17, 15) is 0 Å². The highest BCUT2D eigenvalue weighted by Gasteiger charge is 2.38. The van der Waals surface area contributed by atoms with E-state index in [1.807, 2.05) is 24.1 Å². The van der Waals surface area contributed by atoms with Crippen LogP contribution in [0.25, 0.3) is 5.57 Å². The van der Waals surface area contributed by atoms with Crippen molar-refractivity contribution in [2.24, 2.45) is 0 Å². The van der Waals surface area contributed by atoms with E-state index in [0.717, 1.165) is 18.5 Å². The molecule has 0 spiro atoms. The van der Waals surface area contributed by atoms with E-state index < -0.39 is 0 Å². The first-order chi connectivity index (χ1) is 10.3. The van der Waals surface area contributed by atoms with Gasteiger partial charge in [-0.1, -0.05) is 30.3 Å². The smallest absolute Gasteiger partial charge is 0.250 e. The summed E-state index contributed by atoms with van der Waals surface area (Å²) in [6, 6.07) is 12.6. The molecule has 1 fully saturated rings. The zero-order valence-corrected chi connectivity index (χ0v) is 11.9. The molecule has 0 unspecified atom stereocenters. The lowest BCUT2D eigenvalue weighted by Gasteiger charge is -2.43. The Labute approximate surface area is 124 Å². The summed E-state index contributed by atoms with van der Waals surface area (Å²) in [5.74, 6) is 0.659. The van der Waals surface area contributed by atoms with Gasteiger partial charge in [0, 0.05) is 11.9 Å². The van der Waals surface area contributed by atoms with Crippen molar-refractivity contribution < 1.29 is 4.84 Å². The summed E-state index contributed by atoms with van der Waals surface area (Å²) >= 11 is 0. The fourth-order valence-electron chi connectivity index (χ4n) is 3.07. The molecule has 0 N–H and O–H groups in total. The maximum Gasteiger partial charge on any atom is 0.250 e. The van der Waals surface area contributed by atoms with Crippen LogP contribution >= 0.6 is 0 Å². The van der Waals surface area contributed by atoms with Gasteiger partial charge >= 0.3 is 0 Å². The summed E-state index contributed by atoms with van der Waals surface area (Å²) in [5, 5.41) is 1.89. The molecule has 2 atom stereocenters. The number of anilines is 1. The van der Waals surface area contributed by atoms with E-state index in [1.165, 1.54) is 11.1 Å². The second kappa shape index (κ2) is 4.97. The highest BCUT2D eigenvalue weighted by Crippen LogP contribution is 2.39. The molecule has 1 saturated heterocycles. The minimum atomic E-state index is 0.120. The molecule has 21 heavy (non-hydrogen) atoms. The van der Waals surface area contributed by atoms with Crippen LogP contribution in [0.3, 0.4) is 0 Å². The van der Waals surface area contributed by atoms with Crippen molar-refractivity contribution in [1.29, 1.82) is 0 Å². The van der Waals surface area contributed by atoms with Gasteiger partial charge in [-0.25, -0.2) is 15.0 Å². The van der Waals surface area contributed by atoms with Gasteiger partial charge in [0.1, 0.15) is 6.10 Å². The van der Waals surface area contributed by atoms with E-state index in [0.29, 0.717) is 5.95 Å². The SMILES string of the molecule is Cc1ccnc(N2O[C@H]3C=C(c4ccccc4)[C@@H]2CC3)n1. The third-order valence-electron chi connectivity index (χ3n) is 4.07. The number of hydroxylamine groups is 1. The predicted molar refractivity (Wildman–Crippen MR) is 81.6 cm³/mol. The standard InChI is InChI=1S/C17H17N3O/c1-12-9-10-18-17(19-12)20-16-8-7-14(21-20)11-15(16)13-5-3-2-4-6-13/h2-6,9-11,14,16H,7-8H2,1H3/t14-,16+/m1/s1. The summed E-state index contributed by atoms with van der Waals surface area (Å²) < 4.78 is 0. The van der Waals surface area contributed by atoms with Gasteiger partial charge in [0.05, 0.1) is 6.04 Å². The molecule has 1 aromatic carbocycles. The van der Waals surface area contributed by atoms with Crippen LogP contribution in [0.4, 0.5) is 5.95 Å². The van der Waals surface area contributed by atoms with Crippen molar-refractivity contribution in [3.8, 4) is 0 Å². The monoisotopic (exact) mass is 279 g/mol. The molecule has 106 valence electrons. The quantitative estimate of drug-likeness (QED) is 0.846. The summed E-state index contributed by atoms with van der Waals surface area (Å²) in [6.45, 7) is 1.97. The molecule has 4 nitrogen and oxygen atoms in total. The minimum Gasteiger partial charge on any atom is -0.263 e. The summed E-state index contributed by atoms with van der Waals surface area (Å²) in [6.07, 6.45) is 6.28. The first-order valence-electron chi connectivity index (χ1n) is 7.34. The molecule has 0 saturated carbocycles. The lowest BCUT2D eigenvalue weighted by Crippen LogP contribution is -2.48. The molecule has 5 rings (SSSR count). The topological polar surface area (TPSA) is 38.2 Å². The Morgan fingerprint density at radius 2 is 2.00 bits per heavy atom. The number of aryl methyl sites for hydroxylation is 1. The van der Waals surface area contributed by atoms with Crippen molar-refractivity contribution in [2.75, 3.05) is 5.06 Å². The summed E-state index contributed by atoms with van der Waals surface area (Å²) in [4.78, 5) is 14.9. The predicted octanol–water partition coefficient (Wildman–Crippen LogP) is 3.15. The number of benzene rings is 1. The van der Waals surface area contributed by atoms with Crippen LogP contribution in [0.1, 0.15) is 24.1 Å². The largest absolute Gasteiger partial charge is 0.263 e. The summed E-state index contributed by atoms with van der Waals surface area (Å²) in [7, 11) is 0. The van der Waals surface area contributed by atoms with Gasteiger partial charge in [0.2, 0.25) is 0 Å². The molecule has 2 aliphatic heterocycles. The molecule has 0 radical (unpaired) electrons. The van der Waals surface area contributed by atoms with Gasteiger partial charge in [-0.3, -0.25) is 4.84 Å². The molecule has 1 aliphatic carbocycles. The second-order valence-corrected chi connectivity index (χ2v) is 5.55. The molecule has 3 aliphatic rings. The summed E-state index contributed by atoms with van der Waals surface area (Å²) in [5.41, 5.74) is 3.53. The van der Waals surface area contributed by atoms with Gasteiger partial charge in [0.15, 0.2) is 0 Å². The Morgan fingerprint density at radius 3 is 2.76 bits per heavy atom. The van der Waals surface area contributed by atoms with Gasteiger partial charge in [-0.2, -0.15) is 0 Å². The Balaban J connectivity index is 1.73. The van der Waals surface area contributed by atoms with E-state index in [1.54, 1.807) is 6.20 Å². The molecule has 4 heteroatoms. The molecule has 2 bridgehead atoms. The van der Waals surface area contributed by atoms with Crippen LogP contribution in [0, 0.1) is 6.92 Å². The first-order valence-corrected chi connectivity index (χ1v) is 7.34. The van der Waals surface area contributed by atoms with Crippen LogP contribution in [-0.2, 0) is 4.84 Å². The third kappa shape index (κ3) is 2.21. The van der Waals surface area contributed by atoms with E-state index in [-0.39, 0.29) is 12.1 Å². The van der Waals surface area contributed by atoms with Gasteiger partial charge < -0.3 is 0 Å². The van der Waals surface area contributed by atoms with E-state index in [2.05, 4.69) is 40.3 Å². The zero-order chi connectivity index (χ0) is 14.2. The molecular formula is C17H17N3O. The maximum atomic E-state index is 6.01. The number of hydrogen-bond acceptors (Lipinski definition) is 4. The Morgan fingerprint density at radius 1 is 1.14 bits per heavy atom. The van der Waals surface area contributed by atoms with Crippen molar-refractivity contribution in [3.63, 3.8) is 0 Å². The van der Waals surface area contributed by atoms with Crippen molar-refractivity contribution in [2.45, 2.75) is 31.9 Å². The number of rotatable bonds is 2. The molecule has 2 aromatic rings. The number of hydrogen-bond donors (Lipinski definition) is 0. The lowest BCUT2D eigenvalue weighted by molar-refractivity contribution is 0.00433. The Hall–Kier alpha value is -2.20. The number of fused-ring (bicyclic) bond motifs is 2. The average molecular weight is 279 g/mol.